The first-order valence-electron chi connectivity index (χ1n) is 5.34. The van der Waals surface area contributed by atoms with Gasteiger partial charge in [0.15, 0.2) is 0 Å². The molecule has 0 aromatic heterocycles. The van der Waals surface area contributed by atoms with E-state index in [1.807, 2.05) is 24.3 Å². The van der Waals surface area contributed by atoms with Crippen LogP contribution in [0.2, 0.25) is 0 Å². The van der Waals surface area contributed by atoms with Crippen molar-refractivity contribution in [3.05, 3.63) is 29.8 Å². The summed E-state index contributed by atoms with van der Waals surface area (Å²) in [4.78, 5) is 12.8. The first-order valence-corrected chi connectivity index (χ1v) is 5.34. The van der Waals surface area contributed by atoms with Gasteiger partial charge in [-0.1, -0.05) is 13.8 Å². The van der Waals surface area contributed by atoms with Crippen LogP contribution >= 0.6 is 0 Å². The molecule has 0 amide bonds. The number of carbonyl (C=O) groups is 1. The van der Waals surface area contributed by atoms with Gasteiger partial charge in [0, 0.05) is 24.3 Å². The molecule has 0 saturated heterocycles. The summed E-state index contributed by atoms with van der Waals surface area (Å²) < 4.78 is 0. The normalized spacial score (nSPS) is 12.6. The fourth-order valence-corrected chi connectivity index (χ4v) is 1.47. The van der Waals surface area contributed by atoms with E-state index >= 15 is 0 Å². The number of hydrogen-bond donors (Lipinski definition) is 0. The zero-order valence-electron chi connectivity index (χ0n) is 9.90. The highest BCUT2D eigenvalue weighted by molar-refractivity contribution is 5.75. The minimum absolute atomic E-state index is 0.493. The summed E-state index contributed by atoms with van der Waals surface area (Å²) in [7, 11) is 2.08. The largest absolute Gasteiger partial charge is 0.372 e. The van der Waals surface area contributed by atoms with Crippen molar-refractivity contribution in [2.45, 2.75) is 26.8 Å². The SMILES string of the molecule is CC(C)C(C)N(C)c1ccc(C=O)cc1. The van der Waals surface area contributed by atoms with Gasteiger partial charge in [0.1, 0.15) is 6.29 Å². The molecule has 2 heteroatoms. The average Bonchev–Trinajstić information content (AvgIpc) is 2.27. The molecular weight excluding hydrogens is 186 g/mol. The lowest BCUT2D eigenvalue weighted by molar-refractivity contribution is 0.112. The quantitative estimate of drug-likeness (QED) is 0.704. The Hall–Kier alpha value is -1.31. The fraction of sp³-hybridized carbons (Fsp3) is 0.462. The molecule has 0 aliphatic carbocycles. The van der Waals surface area contributed by atoms with Crippen molar-refractivity contribution in [1.29, 1.82) is 0 Å². The van der Waals surface area contributed by atoms with Gasteiger partial charge in [0.25, 0.3) is 0 Å². The van der Waals surface area contributed by atoms with E-state index in [2.05, 4.69) is 32.7 Å². The highest BCUT2D eigenvalue weighted by atomic mass is 16.1. The third-order valence-electron chi connectivity index (χ3n) is 3.01. The van der Waals surface area contributed by atoms with Crippen molar-refractivity contribution < 1.29 is 4.79 Å². The summed E-state index contributed by atoms with van der Waals surface area (Å²) in [6.07, 6.45) is 0.871. The molecule has 0 fully saturated rings. The maximum atomic E-state index is 10.5. The van der Waals surface area contributed by atoms with Gasteiger partial charge in [-0.2, -0.15) is 0 Å². The highest BCUT2D eigenvalue weighted by Crippen LogP contribution is 2.19. The standard InChI is InChI=1S/C13H19NO/c1-10(2)11(3)14(4)13-7-5-12(9-15)6-8-13/h5-11H,1-4H3. The van der Waals surface area contributed by atoms with Crippen molar-refractivity contribution in [2.24, 2.45) is 5.92 Å². The topological polar surface area (TPSA) is 20.3 Å². The van der Waals surface area contributed by atoms with Crippen LogP contribution < -0.4 is 4.90 Å². The average molecular weight is 205 g/mol. The fourth-order valence-electron chi connectivity index (χ4n) is 1.47. The summed E-state index contributed by atoms with van der Waals surface area (Å²) in [5.41, 5.74) is 1.88. The molecule has 1 atom stereocenters. The minimum Gasteiger partial charge on any atom is -0.372 e. The van der Waals surface area contributed by atoms with Crippen LogP contribution in [0, 0.1) is 5.92 Å². The second-order valence-corrected chi connectivity index (χ2v) is 4.30. The zero-order valence-corrected chi connectivity index (χ0v) is 9.90. The Morgan fingerprint density at radius 3 is 2.07 bits per heavy atom. The van der Waals surface area contributed by atoms with Crippen LogP contribution in [-0.4, -0.2) is 19.4 Å². The Balaban J connectivity index is 2.82. The van der Waals surface area contributed by atoms with Crippen LogP contribution in [0.3, 0.4) is 0 Å². The molecule has 1 rings (SSSR count). The molecule has 0 spiro atoms. The Labute approximate surface area is 91.9 Å². The molecule has 2 nitrogen and oxygen atoms in total. The van der Waals surface area contributed by atoms with Gasteiger partial charge >= 0.3 is 0 Å². The molecule has 82 valence electrons. The van der Waals surface area contributed by atoms with E-state index in [1.54, 1.807) is 0 Å². The van der Waals surface area contributed by atoms with Gasteiger partial charge in [-0.15, -0.1) is 0 Å². The molecular formula is C13H19NO. The number of nitrogens with zero attached hydrogens (tertiary/aromatic N) is 1. The molecule has 0 bridgehead atoms. The van der Waals surface area contributed by atoms with Crippen molar-refractivity contribution in [3.63, 3.8) is 0 Å². The maximum absolute atomic E-state index is 10.5. The molecule has 0 aliphatic heterocycles. The van der Waals surface area contributed by atoms with Crippen molar-refractivity contribution >= 4 is 12.0 Å². The first-order chi connectivity index (χ1) is 7.06. The van der Waals surface area contributed by atoms with E-state index < -0.39 is 0 Å². The summed E-state index contributed by atoms with van der Waals surface area (Å²) in [5.74, 6) is 0.612. The van der Waals surface area contributed by atoms with E-state index in [1.165, 1.54) is 0 Å². The summed E-state index contributed by atoms with van der Waals surface area (Å²) in [6, 6.07) is 8.18. The predicted molar refractivity (Wildman–Crippen MR) is 64.5 cm³/mol. The summed E-state index contributed by atoms with van der Waals surface area (Å²) in [6.45, 7) is 6.63. The van der Waals surface area contributed by atoms with E-state index in [4.69, 9.17) is 0 Å². The molecule has 0 N–H and O–H groups in total. The zero-order chi connectivity index (χ0) is 11.4. The smallest absolute Gasteiger partial charge is 0.150 e. The van der Waals surface area contributed by atoms with Gasteiger partial charge in [0.05, 0.1) is 0 Å². The Bertz CT molecular complexity index is 316. The monoisotopic (exact) mass is 205 g/mol. The van der Waals surface area contributed by atoms with Gasteiger partial charge in [0.2, 0.25) is 0 Å². The third-order valence-corrected chi connectivity index (χ3v) is 3.01. The molecule has 0 heterocycles. The van der Waals surface area contributed by atoms with Gasteiger partial charge in [-0.05, 0) is 37.1 Å². The van der Waals surface area contributed by atoms with E-state index in [0.717, 1.165) is 17.5 Å². The number of rotatable bonds is 4. The first kappa shape index (κ1) is 11.8. The lowest BCUT2D eigenvalue weighted by Gasteiger charge is -2.30. The number of carbonyl (C=O) groups excluding carboxylic acids is 1. The van der Waals surface area contributed by atoms with Crippen molar-refractivity contribution in [1.82, 2.24) is 0 Å². The Kier molecular flexibility index (Phi) is 3.89. The van der Waals surface area contributed by atoms with Crippen molar-refractivity contribution in [2.75, 3.05) is 11.9 Å². The van der Waals surface area contributed by atoms with Crippen LogP contribution in [0.4, 0.5) is 5.69 Å². The number of benzene rings is 1. The van der Waals surface area contributed by atoms with Gasteiger partial charge in [-0.25, -0.2) is 0 Å². The van der Waals surface area contributed by atoms with E-state index in [9.17, 15) is 4.79 Å². The highest BCUT2D eigenvalue weighted by Gasteiger charge is 2.13. The minimum atomic E-state index is 0.493. The predicted octanol–water partition coefficient (Wildman–Crippen LogP) is 2.98. The molecule has 15 heavy (non-hydrogen) atoms. The van der Waals surface area contributed by atoms with E-state index in [0.29, 0.717) is 12.0 Å². The molecule has 0 radical (unpaired) electrons. The van der Waals surface area contributed by atoms with Gasteiger partial charge < -0.3 is 4.90 Å². The van der Waals surface area contributed by atoms with Crippen LogP contribution in [0.15, 0.2) is 24.3 Å². The molecule has 1 aromatic carbocycles. The molecule has 1 unspecified atom stereocenters. The van der Waals surface area contributed by atoms with Crippen LogP contribution in [-0.2, 0) is 0 Å². The summed E-state index contributed by atoms with van der Waals surface area (Å²) in [5, 5.41) is 0. The van der Waals surface area contributed by atoms with Crippen LogP contribution in [0.5, 0.6) is 0 Å². The lowest BCUT2D eigenvalue weighted by Crippen LogP contribution is -2.33. The molecule has 1 aromatic rings. The molecule has 0 saturated carbocycles. The lowest BCUT2D eigenvalue weighted by atomic mass is 10.0. The Morgan fingerprint density at radius 1 is 1.13 bits per heavy atom. The Morgan fingerprint density at radius 2 is 1.67 bits per heavy atom. The third kappa shape index (κ3) is 2.82. The molecule has 0 aliphatic rings. The van der Waals surface area contributed by atoms with Gasteiger partial charge in [-0.3, -0.25) is 4.79 Å². The van der Waals surface area contributed by atoms with E-state index in [-0.39, 0.29) is 0 Å². The number of hydrogen-bond acceptors (Lipinski definition) is 2. The van der Waals surface area contributed by atoms with Crippen molar-refractivity contribution in [3.8, 4) is 0 Å². The maximum Gasteiger partial charge on any atom is 0.150 e. The van der Waals surface area contributed by atoms with Crippen LogP contribution in [0.25, 0.3) is 0 Å². The number of aldehydes is 1. The van der Waals surface area contributed by atoms with Crippen LogP contribution in [0.1, 0.15) is 31.1 Å². The second kappa shape index (κ2) is 4.96. The number of anilines is 1. The second-order valence-electron chi connectivity index (χ2n) is 4.30. The summed E-state index contributed by atoms with van der Waals surface area (Å²) >= 11 is 0.